The van der Waals surface area contributed by atoms with Gasteiger partial charge in [0.2, 0.25) is 11.8 Å². The molecule has 0 atom stereocenters. The monoisotopic (exact) mass is 331 g/mol. The maximum Gasteiger partial charge on any atom is 0.254 e. The van der Waals surface area contributed by atoms with Gasteiger partial charge in [0.05, 0.1) is 23.4 Å². The van der Waals surface area contributed by atoms with E-state index < -0.39 is 0 Å². The Labute approximate surface area is 134 Å². The molecule has 23 heavy (non-hydrogen) atoms. The molecule has 0 aliphatic heterocycles. The molecule has 3 heterocycles. The molecule has 0 saturated heterocycles. The van der Waals surface area contributed by atoms with E-state index in [-0.39, 0.29) is 24.6 Å². The lowest BCUT2D eigenvalue weighted by Gasteiger charge is -2.06. The molecule has 0 aromatic carbocycles. The number of hydrogen-bond acceptors (Lipinski definition) is 7. The molecule has 3 aromatic rings. The summed E-state index contributed by atoms with van der Waals surface area (Å²) >= 11 is 1.50. The van der Waals surface area contributed by atoms with Crippen LogP contribution in [0.1, 0.15) is 11.7 Å². The largest absolute Gasteiger partial charge is 0.345 e. The highest BCUT2D eigenvalue weighted by molar-refractivity contribution is 7.13. The Kier molecular flexibility index (Phi) is 4.29. The first kappa shape index (κ1) is 15.1. The standard InChI is InChI=1S/C14H13N5O3S/c1-9-17-13(22-18-9)6-15-12(20)7-19-8-16-10(5-14(19)21)11-3-2-4-23-11/h2-5,8H,6-7H2,1H3,(H,15,20). The van der Waals surface area contributed by atoms with Gasteiger partial charge < -0.3 is 9.84 Å². The van der Waals surface area contributed by atoms with Crippen molar-refractivity contribution in [2.45, 2.75) is 20.0 Å². The van der Waals surface area contributed by atoms with Crippen LogP contribution in [0.2, 0.25) is 0 Å². The number of thiophene rings is 1. The molecule has 0 unspecified atom stereocenters. The Morgan fingerprint density at radius 2 is 2.35 bits per heavy atom. The highest BCUT2D eigenvalue weighted by Gasteiger charge is 2.09. The summed E-state index contributed by atoms with van der Waals surface area (Å²) in [6.45, 7) is 1.69. The molecule has 1 N–H and O–H groups in total. The van der Waals surface area contributed by atoms with Gasteiger partial charge in [0.15, 0.2) is 5.82 Å². The van der Waals surface area contributed by atoms with E-state index in [0.29, 0.717) is 17.4 Å². The van der Waals surface area contributed by atoms with Crippen molar-refractivity contribution in [3.63, 3.8) is 0 Å². The molecular formula is C14H13N5O3S. The Morgan fingerprint density at radius 3 is 3.00 bits per heavy atom. The van der Waals surface area contributed by atoms with Crippen LogP contribution in [0, 0.1) is 6.92 Å². The van der Waals surface area contributed by atoms with Crippen LogP contribution >= 0.6 is 11.3 Å². The lowest BCUT2D eigenvalue weighted by Crippen LogP contribution is -2.32. The van der Waals surface area contributed by atoms with Gasteiger partial charge in [0, 0.05) is 6.07 Å². The maximum atomic E-state index is 12.1. The van der Waals surface area contributed by atoms with Crippen LogP contribution < -0.4 is 10.9 Å². The minimum absolute atomic E-state index is 0.120. The van der Waals surface area contributed by atoms with E-state index in [2.05, 4.69) is 20.4 Å². The molecule has 1 amide bonds. The first-order chi connectivity index (χ1) is 11.1. The lowest BCUT2D eigenvalue weighted by molar-refractivity contribution is -0.122. The van der Waals surface area contributed by atoms with Gasteiger partial charge in [-0.3, -0.25) is 14.2 Å². The fourth-order valence-corrected chi connectivity index (χ4v) is 2.59. The third kappa shape index (κ3) is 3.69. The highest BCUT2D eigenvalue weighted by Crippen LogP contribution is 2.20. The number of carbonyl (C=O) groups excluding carboxylic acids is 1. The first-order valence-corrected chi connectivity index (χ1v) is 7.66. The fraction of sp³-hybridized carbons (Fsp3) is 0.214. The molecule has 0 radical (unpaired) electrons. The van der Waals surface area contributed by atoms with E-state index >= 15 is 0 Å². The number of nitrogens with zero attached hydrogens (tertiary/aromatic N) is 4. The number of hydrogen-bond donors (Lipinski definition) is 1. The summed E-state index contributed by atoms with van der Waals surface area (Å²) in [6.07, 6.45) is 1.37. The zero-order valence-electron chi connectivity index (χ0n) is 12.2. The van der Waals surface area contributed by atoms with Gasteiger partial charge in [-0.05, 0) is 18.4 Å². The average Bonchev–Trinajstić information content (AvgIpc) is 3.19. The van der Waals surface area contributed by atoms with Crippen molar-refractivity contribution < 1.29 is 9.32 Å². The number of amides is 1. The Morgan fingerprint density at radius 1 is 1.48 bits per heavy atom. The minimum Gasteiger partial charge on any atom is -0.345 e. The van der Waals surface area contributed by atoms with Crippen LogP contribution in [-0.4, -0.2) is 25.6 Å². The zero-order valence-corrected chi connectivity index (χ0v) is 13.0. The number of carbonyl (C=O) groups is 1. The number of rotatable bonds is 5. The molecule has 0 aliphatic carbocycles. The van der Waals surface area contributed by atoms with Gasteiger partial charge in [0.25, 0.3) is 5.56 Å². The second-order valence-corrected chi connectivity index (χ2v) is 5.68. The van der Waals surface area contributed by atoms with Crippen LogP contribution in [0.5, 0.6) is 0 Å². The molecule has 0 spiro atoms. The van der Waals surface area contributed by atoms with Gasteiger partial charge >= 0.3 is 0 Å². The summed E-state index contributed by atoms with van der Waals surface area (Å²) in [5.74, 6) is 0.474. The molecule has 0 saturated carbocycles. The number of nitrogens with one attached hydrogen (secondary N) is 1. The quantitative estimate of drug-likeness (QED) is 0.747. The van der Waals surface area contributed by atoms with Crippen molar-refractivity contribution in [1.29, 1.82) is 0 Å². The molecule has 0 bridgehead atoms. The third-order valence-corrected chi connectivity index (χ3v) is 3.87. The second-order valence-electron chi connectivity index (χ2n) is 4.73. The summed E-state index contributed by atoms with van der Waals surface area (Å²) in [4.78, 5) is 33.0. The Hall–Kier alpha value is -2.81. The van der Waals surface area contributed by atoms with Crippen LogP contribution in [0.3, 0.4) is 0 Å². The van der Waals surface area contributed by atoms with E-state index in [1.54, 1.807) is 6.92 Å². The van der Waals surface area contributed by atoms with Gasteiger partial charge in [-0.2, -0.15) is 4.98 Å². The predicted octanol–water partition coefficient (Wildman–Crippen LogP) is 0.980. The summed E-state index contributed by atoms with van der Waals surface area (Å²) < 4.78 is 6.13. The average molecular weight is 331 g/mol. The van der Waals surface area contributed by atoms with Crippen LogP contribution in [0.4, 0.5) is 0 Å². The molecule has 8 nitrogen and oxygen atoms in total. The zero-order chi connectivity index (χ0) is 16.2. The summed E-state index contributed by atoms with van der Waals surface area (Å²) in [7, 11) is 0. The highest BCUT2D eigenvalue weighted by atomic mass is 32.1. The van der Waals surface area contributed by atoms with E-state index in [9.17, 15) is 9.59 Å². The van der Waals surface area contributed by atoms with Crippen molar-refractivity contribution in [3.8, 4) is 10.6 Å². The van der Waals surface area contributed by atoms with Crippen molar-refractivity contribution >= 4 is 17.2 Å². The number of aryl methyl sites for hydroxylation is 1. The van der Waals surface area contributed by atoms with Crippen molar-refractivity contribution in [3.05, 3.63) is 52.0 Å². The van der Waals surface area contributed by atoms with E-state index in [4.69, 9.17) is 4.52 Å². The number of aromatic nitrogens is 4. The lowest BCUT2D eigenvalue weighted by atomic mass is 10.3. The Balaban J connectivity index is 1.63. The molecule has 9 heteroatoms. The van der Waals surface area contributed by atoms with Crippen LogP contribution in [-0.2, 0) is 17.9 Å². The van der Waals surface area contributed by atoms with Crippen molar-refractivity contribution in [2.75, 3.05) is 0 Å². The second kappa shape index (κ2) is 6.53. The normalized spacial score (nSPS) is 10.7. The third-order valence-electron chi connectivity index (χ3n) is 2.97. The molecule has 3 rings (SSSR count). The van der Waals surface area contributed by atoms with Gasteiger partial charge in [-0.25, -0.2) is 4.98 Å². The Bertz CT molecular complexity index is 869. The maximum absolute atomic E-state index is 12.1. The molecular weight excluding hydrogens is 318 g/mol. The summed E-state index contributed by atoms with van der Waals surface area (Å²) in [6, 6.07) is 5.19. The SMILES string of the molecule is Cc1noc(CNC(=O)Cn2cnc(-c3cccs3)cc2=O)n1. The summed E-state index contributed by atoms with van der Waals surface area (Å²) in [5, 5.41) is 8.15. The van der Waals surface area contributed by atoms with Gasteiger partial charge in [-0.15, -0.1) is 11.3 Å². The van der Waals surface area contributed by atoms with E-state index in [1.165, 1.54) is 28.3 Å². The molecule has 0 aliphatic rings. The van der Waals surface area contributed by atoms with Crippen molar-refractivity contribution in [1.82, 2.24) is 25.0 Å². The molecule has 0 fully saturated rings. The summed E-state index contributed by atoms with van der Waals surface area (Å²) in [5.41, 5.74) is 0.315. The van der Waals surface area contributed by atoms with Crippen LogP contribution in [0.15, 0.2) is 39.2 Å². The van der Waals surface area contributed by atoms with E-state index in [1.807, 2.05) is 17.5 Å². The predicted molar refractivity (Wildman–Crippen MR) is 82.7 cm³/mol. The van der Waals surface area contributed by atoms with Crippen molar-refractivity contribution in [2.24, 2.45) is 0 Å². The topological polar surface area (TPSA) is 103 Å². The first-order valence-electron chi connectivity index (χ1n) is 6.78. The minimum atomic E-state index is -0.339. The molecule has 3 aromatic heterocycles. The smallest absolute Gasteiger partial charge is 0.254 e. The van der Waals surface area contributed by atoms with Gasteiger partial charge in [-0.1, -0.05) is 11.2 Å². The van der Waals surface area contributed by atoms with Gasteiger partial charge in [0.1, 0.15) is 6.54 Å². The van der Waals surface area contributed by atoms with E-state index in [0.717, 1.165) is 4.88 Å². The van der Waals surface area contributed by atoms with Crippen LogP contribution in [0.25, 0.3) is 10.6 Å². The fourth-order valence-electron chi connectivity index (χ4n) is 1.90. The molecule has 118 valence electrons.